The van der Waals surface area contributed by atoms with Gasteiger partial charge in [0.05, 0.1) is 21.0 Å². The molecular weight excluding hydrogens is 438 g/mol. The first kappa shape index (κ1) is 21.3. The third kappa shape index (κ3) is 4.12. The van der Waals surface area contributed by atoms with Crippen molar-refractivity contribution < 1.29 is 13.2 Å². The zero-order valence-corrected chi connectivity index (χ0v) is 19.3. The summed E-state index contributed by atoms with van der Waals surface area (Å²) < 4.78 is 30.3. The minimum Gasteiger partial charge on any atom is -0.319 e. The van der Waals surface area contributed by atoms with Gasteiger partial charge >= 0.3 is 0 Å². The number of carbonyl (C=O) groups is 1. The summed E-state index contributed by atoms with van der Waals surface area (Å²) in [5, 5.41) is 0. The van der Waals surface area contributed by atoms with E-state index in [0.717, 1.165) is 15.1 Å². The predicted molar refractivity (Wildman–Crippen MR) is 121 cm³/mol. The van der Waals surface area contributed by atoms with Crippen molar-refractivity contribution in [3.63, 3.8) is 0 Å². The van der Waals surface area contributed by atoms with Gasteiger partial charge in [-0.1, -0.05) is 29.5 Å². The summed E-state index contributed by atoms with van der Waals surface area (Å²) in [5.74, 6) is -0.681. The molecule has 6 nitrogen and oxygen atoms in total. The molecule has 2 heterocycles. The Labute approximate surface area is 184 Å². The number of aromatic nitrogens is 1. The Hall–Kier alpha value is -1.94. The largest absolute Gasteiger partial charge is 0.319 e. The SMILES string of the molecule is CSc1ccc2c(c1)sc(=NC(=O)C1CCCN(S(=O)(=O)c3ccccc3)C1)n2C. The summed E-state index contributed by atoms with van der Waals surface area (Å²) >= 11 is 3.15. The molecule has 1 fully saturated rings. The number of thioether (sulfide) groups is 1. The van der Waals surface area contributed by atoms with Crippen LogP contribution in [0.3, 0.4) is 0 Å². The van der Waals surface area contributed by atoms with Gasteiger partial charge in [0.15, 0.2) is 4.80 Å². The molecule has 3 aromatic rings. The molecule has 0 saturated carbocycles. The maximum Gasteiger partial charge on any atom is 0.252 e. The second-order valence-electron chi connectivity index (χ2n) is 7.24. The van der Waals surface area contributed by atoms with E-state index < -0.39 is 15.9 Å². The van der Waals surface area contributed by atoms with E-state index in [1.54, 1.807) is 42.1 Å². The van der Waals surface area contributed by atoms with Crippen LogP contribution in [0.1, 0.15) is 12.8 Å². The monoisotopic (exact) mass is 461 g/mol. The summed E-state index contributed by atoms with van der Waals surface area (Å²) in [4.78, 5) is 19.4. The van der Waals surface area contributed by atoms with Crippen molar-refractivity contribution in [3.8, 4) is 0 Å². The van der Waals surface area contributed by atoms with Crippen LogP contribution in [-0.4, -0.2) is 42.5 Å². The van der Waals surface area contributed by atoms with E-state index in [2.05, 4.69) is 17.1 Å². The normalized spacial score (nSPS) is 18.7. The van der Waals surface area contributed by atoms with Crippen molar-refractivity contribution in [1.29, 1.82) is 0 Å². The van der Waals surface area contributed by atoms with E-state index in [1.807, 2.05) is 23.9 Å². The van der Waals surface area contributed by atoms with Gasteiger partial charge < -0.3 is 4.57 Å². The van der Waals surface area contributed by atoms with Gasteiger partial charge in [-0.3, -0.25) is 4.79 Å². The van der Waals surface area contributed by atoms with Gasteiger partial charge in [-0.2, -0.15) is 9.30 Å². The number of hydrogen-bond acceptors (Lipinski definition) is 5. The Balaban J connectivity index is 1.59. The lowest BCUT2D eigenvalue weighted by molar-refractivity contribution is -0.122. The molecule has 1 atom stereocenters. The topological polar surface area (TPSA) is 71.7 Å². The van der Waals surface area contributed by atoms with Crippen LogP contribution in [0.4, 0.5) is 0 Å². The standard InChI is InChI=1S/C21H23N3O3S3/c1-23-18-11-10-16(28-2)13-19(18)29-21(23)22-20(25)15-7-6-12-24(14-15)30(26,27)17-8-4-3-5-9-17/h3-5,8-11,13,15H,6-7,12,14H2,1-2H3. The molecule has 0 bridgehead atoms. The lowest BCUT2D eigenvalue weighted by Gasteiger charge is -2.30. The lowest BCUT2D eigenvalue weighted by Crippen LogP contribution is -2.42. The quantitative estimate of drug-likeness (QED) is 0.558. The molecule has 1 aliphatic heterocycles. The van der Waals surface area contributed by atoms with Gasteiger partial charge in [0.2, 0.25) is 10.0 Å². The second-order valence-corrected chi connectivity index (χ2v) is 11.1. The smallest absolute Gasteiger partial charge is 0.252 e. The highest BCUT2D eigenvalue weighted by molar-refractivity contribution is 7.98. The van der Waals surface area contributed by atoms with Crippen molar-refractivity contribution >= 4 is 49.2 Å². The fraction of sp³-hybridized carbons (Fsp3) is 0.333. The summed E-state index contributed by atoms with van der Waals surface area (Å²) in [7, 11) is -1.70. The number of thiazole rings is 1. The number of rotatable bonds is 4. The van der Waals surface area contributed by atoms with E-state index in [1.165, 1.54) is 15.6 Å². The number of benzene rings is 2. The average Bonchev–Trinajstić information content (AvgIpc) is 3.08. The van der Waals surface area contributed by atoms with Crippen molar-refractivity contribution in [2.45, 2.75) is 22.6 Å². The van der Waals surface area contributed by atoms with Crippen molar-refractivity contribution in [2.24, 2.45) is 18.0 Å². The third-order valence-electron chi connectivity index (χ3n) is 5.34. The number of amides is 1. The molecular formula is C21H23N3O3S3. The predicted octanol–water partition coefficient (Wildman–Crippen LogP) is 3.49. The summed E-state index contributed by atoms with van der Waals surface area (Å²) in [6.07, 6.45) is 3.32. The molecule has 30 heavy (non-hydrogen) atoms. The molecule has 1 unspecified atom stereocenters. The molecule has 1 saturated heterocycles. The molecule has 9 heteroatoms. The highest BCUT2D eigenvalue weighted by Gasteiger charge is 2.33. The molecule has 0 radical (unpaired) electrons. The highest BCUT2D eigenvalue weighted by Crippen LogP contribution is 2.26. The molecule has 0 aliphatic carbocycles. The van der Waals surface area contributed by atoms with E-state index in [4.69, 9.17) is 0 Å². The number of sulfonamides is 1. The minimum atomic E-state index is -3.60. The zero-order valence-electron chi connectivity index (χ0n) is 16.8. The van der Waals surface area contributed by atoms with Gasteiger partial charge in [-0.15, -0.1) is 11.8 Å². The number of fused-ring (bicyclic) bond motifs is 1. The van der Waals surface area contributed by atoms with Crippen molar-refractivity contribution in [3.05, 3.63) is 53.3 Å². The zero-order chi connectivity index (χ0) is 21.3. The molecule has 1 aliphatic rings. The maximum absolute atomic E-state index is 12.9. The summed E-state index contributed by atoms with van der Waals surface area (Å²) in [6, 6.07) is 14.6. The minimum absolute atomic E-state index is 0.171. The number of carbonyl (C=O) groups excluding carboxylic acids is 1. The molecule has 158 valence electrons. The van der Waals surface area contributed by atoms with Gasteiger partial charge in [-0.05, 0) is 49.4 Å². The van der Waals surface area contributed by atoms with Crippen molar-refractivity contribution in [2.75, 3.05) is 19.3 Å². The Morgan fingerprint density at radius 2 is 1.97 bits per heavy atom. The number of nitrogens with zero attached hydrogens (tertiary/aromatic N) is 3. The van der Waals surface area contributed by atoms with Gasteiger partial charge in [-0.25, -0.2) is 8.42 Å². The molecule has 1 aromatic heterocycles. The van der Waals surface area contributed by atoms with Gasteiger partial charge in [0, 0.05) is 25.0 Å². The van der Waals surface area contributed by atoms with E-state index >= 15 is 0 Å². The Kier molecular flexibility index (Phi) is 6.15. The fourth-order valence-electron chi connectivity index (χ4n) is 3.64. The van der Waals surface area contributed by atoms with Crippen LogP contribution in [0.15, 0.2) is 63.3 Å². The van der Waals surface area contributed by atoms with Crippen LogP contribution in [-0.2, 0) is 21.9 Å². The molecule has 0 N–H and O–H groups in total. The third-order valence-corrected chi connectivity index (χ3v) is 9.04. The second kappa shape index (κ2) is 8.66. The van der Waals surface area contributed by atoms with E-state index in [0.29, 0.717) is 24.2 Å². The summed E-state index contributed by atoms with van der Waals surface area (Å²) in [6.45, 7) is 0.597. The van der Waals surface area contributed by atoms with Gasteiger partial charge in [0.1, 0.15) is 0 Å². The fourth-order valence-corrected chi connectivity index (χ4v) is 6.76. The van der Waals surface area contributed by atoms with Crippen LogP contribution in [0.2, 0.25) is 0 Å². The van der Waals surface area contributed by atoms with Crippen molar-refractivity contribution in [1.82, 2.24) is 8.87 Å². The highest BCUT2D eigenvalue weighted by atomic mass is 32.2. The van der Waals surface area contributed by atoms with Crippen LogP contribution >= 0.6 is 23.1 Å². The Bertz CT molecular complexity index is 1250. The maximum atomic E-state index is 12.9. The Morgan fingerprint density at radius 3 is 2.70 bits per heavy atom. The van der Waals surface area contributed by atoms with E-state index in [-0.39, 0.29) is 17.3 Å². The van der Waals surface area contributed by atoms with Crippen LogP contribution in [0.25, 0.3) is 10.2 Å². The molecule has 1 amide bonds. The van der Waals surface area contributed by atoms with E-state index in [9.17, 15) is 13.2 Å². The lowest BCUT2D eigenvalue weighted by atomic mass is 9.99. The molecule has 0 spiro atoms. The first-order valence-electron chi connectivity index (χ1n) is 9.67. The van der Waals surface area contributed by atoms with Crippen LogP contribution < -0.4 is 4.80 Å². The van der Waals surface area contributed by atoms with Gasteiger partial charge in [0.25, 0.3) is 5.91 Å². The first-order chi connectivity index (χ1) is 14.4. The van der Waals surface area contributed by atoms with Crippen LogP contribution in [0, 0.1) is 5.92 Å². The number of piperidine rings is 1. The number of aryl methyl sites for hydroxylation is 1. The van der Waals surface area contributed by atoms with Crippen LogP contribution in [0.5, 0.6) is 0 Å². The summed E-state index contributed by atoms with van der Waals surface area (Å²) in [5.41, 5.74) is 1.03. The number of hydrogen-bond donors (Lipinski definition) is 0. The Morgan fingerprint density at radius 1 is 1.20 bits per heavy atom. The molecule has 2 aromatic carbocycles. The average molecular weight is 462 g/mol. The molecule has 4 rings (SSSR count). The first-order valence-corrected chi connectivity index (χ1v) is 13.2.